The van der Waals surface area contributed by atoms with Crippen molar-refractivity contribution in [3.63, 3.8) is 0 Å². The number of carbonyl (C=O) groups excluding carboxylic acids is 1. The van der Waals surface area contributed by atoms with Gasteiger partial charge in [0, 0.05) is 55.0 Å². The third kappa shape index (κ3) is 5.07. The zero-order valence-electron chi connectivity index (χ0n) is 19.6. The maximum atomic E-state index is 11.4. The summed E-state index contributed by atoms with van der Waals surface area (Å²) in [5, 5.41) is 19.8. The molecule has 1 saturated carbocycles. The molecule has 0 radical (unpaired) electrons. The normalized spacial score (nSPS) is 13.6. The van der Waals surface area contributed by atoms with Gasteiger partial charge in [0.2, 0.25) is 0 Å². The van der Waals surface area contributed by atoms with E-state index in [1.165, 1.54) is 37.8 Å². The number of rotatable bonds is 9. The third-order valence-corrected chi connectivity index (χ3v) is 6.28. The Bertz CT molecular complexity index is 1390. The Labute approximate surface area is 202 Å². The standard InChI is InChI=1S/C25H28N8O2/c1-16(34)35-20-7-21(22(9-26)23(27)8-20)24-15-33(31-30-24)14-19-13-32-12-18(5-6-25(32)29-19)11-28-10-17-3-2-4-17/h5-9,12-13,15,17,26,28H,2-4,10-11,14,27H2,1H3. The topological polar surface area (TPSA) is 136 Å². The van der Waals surface area contributed by atoms with Crippen LogP contribution < -0.4 is 15.8 Å². The number of imidazole rings is 1. The van der Waals surface area contributed by atoms with Crippen molar-refractivity contribution in [3.8, 4) is 17.0 Å². The predicted molar refractivity (Wildman–Crippen MR) is 132 cm³/mol. The number of esters is 1. The van der Waals surface area contributed by atoms with E-state index in [9.17, 15) is 4.79 Å². The van der Waals surface area contributed by atoms with Crippen molar-refractivity contribution in [2.75, 3.05) is 12.3 Å². The van der Waals surface area contributed by atoms with Gasteiger partial charge in [0.1, 0.15) is 17.1 Å². The maximum Gasteiger partial charge on any atom is 0.308 e. The maximum absolute atomic E-state index is 11.4. The molecule has 3 aromatic heterocycles. The molecule has 1 aliphatic rings. The zero-order chi connectivity index (χ0) is 24.4. The Balaban J connectivity index is 1.32. The lowest BCUT2D eigenvalue weighted by Gasteiger charge is -2.25. The van der Waals surface area contributed by atoms with Crippen molar-refractivity contribution in [2.45, 2.75) is 39.3 Å². The summed E-state index contributed by atoms with van der Waals surface area (Å²) < 4.78 is 8.89. The second-order valence-corrected chi connectivity index (χ2v) is 8.98. The highest BCUT2D eigenvalue weighted by molar-refractivity contribution is 5.95. The lowest BCUT2D eigenvalue weighted by molar-refractivity contribution is -0.131. The summed E-state index contributed by atoms with van der Waals surface area (Å²) in [5.41, 5.74) is 10.9. The first-order chi connectivity index (χ1) is 17.0. The second kappa shape index (κ2) is 9.67. The molecule has 4 N–H and O–H groups in total. The van der Waals surface area contributed by atoms with Crippen LogP contribution in [0, 0.1) is 11.3 Å². The minimum atomic E-state index is -0.453. The monoisotopic (exact) mass is 472 g/mol. The summed E-state index contributed by atoms with van der Waals surface area (Å²) in [6, 6.07) is 7.28. The highest BCUT2D eigenvalue weighted by atomic mass is 16.5. The molecule has 180 valence electrons. The number of ether oxygens (including phenoxy) is 1. The number of hydrogen-bond acceptors (Lipinski definition) is 8. The fourth-order valence-electron chi connectivity index (χ4n) is 4.30. The summed E-state index contributed by atoms with van der Waals surface area (Å²) in [6.45, 7) is 3.68. The Morgan fingerprint density at radius 3 is 2.89 bits per heavy atom. The number of anilines is 1. The van der Waals surface area contributed by atoms with E-state index in [0.717, 1.165) is 36.6 Å². The molecule has 35 heavy (non-hydrogen) atoms. The molecule has 0 bridgehead atoms. The quantitative estimate of drug-likeness (QED) is 0.147. The Morgan fingerprint density at radius 2 is 2.14 bits per heavy atom. The lowest BCUT2D eigenvalue weighted by atomic mass is 9.85. The minimum Gasteiger partial charge on any atom is -0.427 e. The molecule has 1 aliphatic carbocycles. The van der Waals surface area contributed by atoms with Crippen LogP contribution in [0.5, 0.6) is 5.75 Å². The first-order valence-corrected chi connectivity index (χ1v) is 11.7. The van der Waals surface area contributed by atoms with E-state index in [2.05, 4.69) is 27.9 Å². The molecule has 1 aromatic carbocycles. The van der Waals surface area contributed by atoms with Gasteiger partial charge in [0.15, 0.2) is 0 Å². The number of carbonyl (C=O) groups is 1. The number of aromatic nitrogens is 5. The summed E-state index contributed by atoms with van der Waals surface area (Å²) in [6.07, 6.45) is 11.1. The molecule has 1 fully saturated rings. The molecule has 0 aliphatic heterocycles. The van der Waals surface area contributed by atoms with Gasteiger partial charge in [0.25, 0.3) is 0 Å². The summed E-state index contributed by atoms with van der Waals surface area (Å²) in [4.78, 5) is 16.1. The highest BCUT2D eigenvalue weighted by Crippen LogP contribution is 2.30. The lowest BCUT2D eigenvalue weighted by Crippen LogP contribution is -2.26. The Hall–Kier alpha value is -4.05. The average Bonchev–Trinajstić information content (AvgIpc) is 3.41. The van der Waals surface area contributed by atoms with Gasteiger partial charge in [-0.2, -0.15) is 0 Å². The van der Waals surface area contributed by atoms with Gasteiger partial charge >= 0.3 is 5.97 Å². The van der Waals surface area contributed by atoms with Crippen LogP contribution in [0.25, 0.3) is 16.9 Å². The number of fused-ring (bicyclic) bond motifs is 1. The molecule has 0 unspecified atom stereocenters. The van der Waals surface area contributed by atoms with E-state index in [0.29, 0.717) is 34.8 Å². The van der Waals surface area contributed by atoms with E-state index in [4.69, 9.17) is 20.9 Å². The first kappa shape index (κ1) is 22.7. The van der Waals surface area contributed by atoms with Crippen molar-refractivity contribution in [1.29, 1.82) is 5.41 Å². The van der Waals surface area contributed by atoms with Crippen LogP contribution in [0.1, 0.15) is 43.0 Å². The molecule has 0 spiro atoms. The van der Waals surface area contributed by atoms with Gasteiger partial charge in [-0.25, -0.2) is 9.67 Å². The first-order valence-electron chi connectivity index (χ1n) is 11.7. The number of nitrogen functional groups attached to an aromatic ring is 1. The molecule has 10 nitrogen and oxygen atoms in total. The number of hydrogen-bond donors (Lipinski definition) is 3. The summed E-state index contributed by atoms with van der Waals surface area (Å²) in [5.74, 6) is 0.677. The van der Waals surface area contributed by atoms with Crippen LogP contribution in [0.4, 0.5) is 5.69 Å². The molecular weight excluding hydrogens is 444 g/mol. The minimum absolute atomic E-state index is 0.295. The van der Waals surface area contributed by atoms with Gasteiger partial charge in [-0.3, -0.25) is 4.79 Å². The molecule has 0 atom stereocenters. The molecule has 3 heterocycles. The van der Waals surface area contributed by atoms with Crippen LogP contribution in [0.3, 0.4) is 0 Å². The Kier molecular flexibility index (Phi) is 6.28. The molecule has 5 rings (SSSR count). The van der Waals surface area contributed by atoms with Gasteiger partial charge in [-0.15, -0.1) is 5.10 Å². The molecule has 0 amide bonds. The largest absolute Gasteiger partial charge is 0.427 e. The van der Waals surface area contributed by atoms with Crippen molar-refractivity contribution in [3.05, 3.63) is 59.7 Å². The van der Waals surface area contributed by atoms with Gasteiger partial charge in [0.05, 0.1) is 18.4 Å². The van der Waals surface area contributed by atoms with E-state index in [-0.39, 0.29) is 0 Å². The van der Waals surface area contributed by atoms with Crippen molar-refractivity contribution in [1.82, 2.24) is 29.7 Å². The molecule has 4 aromatic rings. The predicted octanol–water partition coefficient (Wildman–Crippen LogP) is 3.04. The summed E-state index contributed by atoms with van der Waals surface area (Å²) >= 11 is 0. The fourth-order valence-corrected chi connectivity index (χ4v) is 4.30. The zero-order valence-corrected chi connectivity index (χ0v) is 19.6. The number of nitrogens with one attached hydrogen (secondary N) is 2. The van der Waals surface area contributed by atoms with Crippen molar-refractivity contribution < 1.29 is 9.53 Å². The van der Waals surface area contributed by atoms with E-state index >= 15 is 0 Å². The van der Waals surface area contributed by atoms with Crippen LogP contribution in [0.15, 0.2) is 42.9 Å². The average molecular weight is 473 g/mol. The van der Waals surface area contributed by atoms with Crippen LogP contribution in [-0.2, 0) is 17.9 Å². The Morgan fingerprint density at radius 1 is 1.29 bits per heavy atom. The smallest absolute Gasteiger partial charge is 0.308 e. The van der Waals surface area contributed by atoms with E-state index in [1.54, 1.807) is 16.9 Å². The van der Waals surface area contributed by atoms with Crippen LogP contribution >= 0.6 is 0 Å². The number of benzene rings is 1. The van der Waals surface area contributed by atoms with Crippen molar-refractivity contribution in [2.24, 2.45) is 5.92 Å². The van der Waals surface area contributed by atoms with Crippen LogP contribution in [-0.4, -0.2) is 43.1 Å². The highest BCUT2D eigenvalue weighted by Gasteiger charge is 2.17. The molecular formula is C25H28N8O2. The number of nitrogens with zero attached hydrogens (tertiary/aromatic N) is 5. The van der Waals surface area contributed by atoms with E-state index < -0.39 is 5.97 Å². The van der Waals surface area contributed by atoms with E-state index in [1.807, 2.05) is 16.7 Å². The molecule has 0 saturated heterocycles. The fraction of sp³-hybridized carbons (Fsp3) is 0.320. The third-order valence-electron chi connectivity index (χ3n) is 6.28. The SMILES string of the molecule is CC(=O)Oc1cc(N)c(C=N)c(-c2cn(Cc3cn4cc(CNCC5CCC5)ccc4n3)nn2)c1. The molecule has 10 heteroatoms. The van der Waals surface area contributed by atoms with Gasteiger partial charge < -0.3 is 25.6 Å². The van der Waals surface area contributed by atoms with Gasteiger partial charge in [-0.05, 0) is 43.0 Å². The summed E-state index contributed by atoms with van der Waals surface area (Å²) in [7, 11) is 0. The number of nitrogens with two attached hydrogens (primary N) is 1. The second-order valence-electron chi connectivity index (χ2n) is 8.98. The van der Waals surface area contributed by atoms with Crippen molar-refractivity contribution >= 4 is 23.5 Å². The van der Waals surface area contributed by atoms with Gasteiger partial charge in [-0.1, -0.05) is 17.7 Å². The number of pyridine rings is 1. The van der Waals surface area contributed by atoms with Crippen LogP contribution in [0.2, 0.25) is 0 Å².